The quantitative estimate of drug-likeness (QED) is 0.702. The molecular weight excluding hydrogens is 228 g/mol. The monoisotopic (exact) mass is 244 g/mol. The van der Waals surface area contributed by atoms with Gasteiger partial charge in [0.25, 0.3) is 0 Å². The van der Waals surface area contributed by atoms with Gasteiger partial charge in [-0.2, -0.15) is 0 Å². The zero-order chi connectivity index (χ0) is 12.3. The van der Waals surface area contributed by atoms with E-state index in [4.69, 9.17) is 11.6 Å². The second-order valence-electron chi connectivity index (χ2n) is 4.68. The van der Waals surface area contributed by atoms with Crippen LogP contribution in [0.25, 0.3) is 0 Å². The van der Waals surface area contributed by atoms with Gasteiger partial charge in [0.2, 0.25) is 0 Å². The summed E-state index contributed by atoms with van der Waals surface area (Å²) >= 11 is 5.94. The van der Waals surface area contributed by atoms with Gasteiger partial charge in [0.15, 0.2) is 0 Å². The van der Waals surface area contributed by atoms with Crippen LogP contribution >= 0.6 is 11.6 Å². The van der Waals surface area contributed by atoms with Crippen molar-refractivity contribution in [1.82, 2.24) is 0 Å². The van der Waals surface area contributed by atoms with E-state index in [0.717, 1.165) is 5.02 Å². The van der Waals surface area contributed by atoms with Crippen LogP contribution in [0.4, 0.5) is 0 Å². The van der Waals surface area contributed by atoms with E-state index >= 15 is 0 Å². The number of hydrogen-bond donors (Lipinski definition) is 0. The lowest BCUT2D eigenvalue weighted by Gasteiger charge is -2.22. The van der Waals surface area contributed by atoms with Crippen molar-refractivity contribution in [1.29, 1.82) is 0 Å². The second kappa shape index (κ2) is 5.37. The summed E-state index contributed by atoms with van der Waals surface area (Å²) in [4.78, 5) is 0. The van der Waals surface area contributed by atoms with E-state index in [2.05, 4.69) is 56.3 Å². The van der Waals surface area contributed by atoms with Gasteiger partial charge in [0, 0.05) is 10.9 Å². The Morgan fingerprint density at radius 1 is 0.765 bits per heavy atom. The first-order valence-corrected chi connectivity index (χ1v) is 6.36. The fourth-order valence-electron chi connectivity index (χ4n) is 2.29. The SMILES string of the molecule is CC(C)C(c1ccccc1)c1ccc(Cl)cc1. The van der Waals surface area contributed by atoms with Crippen LogP contribution in [0.5, 0.6) is 0 Å². The molecule has 0 amide bonds. The highest BCUT2D eigenvalue weighted by Gasteiger charge is 2.17. The third kappa shape index (κ3) is 2.89. The Labute approximate surface area is 108 Å². The van der Waals surface area contributed by atoms with Crippen molar-refractivity contribution in [3.8, 4) is 0 Å². The molecule has 0 aliphatic carbocycles. The van der Waals surface area contributed by atoms with Crippen molar-refractivity contribution in [3.63, 3.8) is 0 Å². The summed E-state index contributed by atoms with van der Waals surface area (Å²) in [6.45, 7) is 4.51. The van der Waals surface area contributed by atoms with Crippen molar-refractivity contribution in [2.24, 2.45) is 5.92 Å². The smallest absolute Gasteiger partial charge is 0.0406 e. The predicted molar refractivity (Wildman–Crippen MR) is 74.6 cm³/mol. The fourth-order valence-corrected chi connectivity index (χ4v) is 2.42. The van der Waals surface area contributed by atoms with Gasteiger partial charge in [-0.05, 0) is 29.2 Å². The summed E-state index contributed by atoms with van der Waals surface area (Å²) in [5.74, 6) is 1.01. The number of halogens is 1. The second-order valence-corrected chi connectivity index (χ2v) is 5.12. The van der Waals surface area contributed by atoms with Crippen LogP contribution in [0.15, 0.2) is 54.6 Å². The Kier molecular flexibility index (Phi) is 3.86. The van der Waals surface area contributed by atoms with Gasteiger partial charge in [-0.15, -0.1) is 0 Å². The normalized spacial score (nSPS) is 12.7. The van der Waals surface area contributed by atoms with Crippen LogP contribution in [-0.2, 0) is 0 Å². The van der Waals surface area contributed by atoms with Gasteiger partial charge in [-0.25, -0.2) is 0 Å². The molecule has 0 nitrogen and oxygen atoms in total. The topological polar surface area (TPSA) is 0 Å². The van der Waals surface area contributed by atoms with Gasteiger partial charge >= 0.3 is 0 Å². The molecule has 1 unspecified atom stereocenters. The average molecular weight is 245 g/mol. The maximum absolute atomic E-state index is 5.94. The van der Waals surface area contributed by atoms with Crippen LogP contribution in [0.3, 0.4) is 0 Å². The molecule has 0 bridgehead atoms. The summed E-state index contributed by atoms with van der Waals surface area (Å²) in [5, 5.41) is 0.796. The lowest BCUT2D eigenvalue weighted by atomic mass is 9.83. The zero-order valence-electron chi connectivity index (χ0n) is 10.2. The number of hydrogen-bond acceptors (Lipinski definition) is 0. The van der Waals surface area contributed by atoms with E-state index in [9.17, 15) is 0 Å². The molecule has 1 atom stereocenters. The van der Waals surface area contributed by atoms with Crippen molar-refractivity contribution in [3.05, 3.63) is 70.7 Å². The molecule has 0 fully saturated rings. The van der Waals surface area contributed by atoms with E-state index in [1.165, 1.54) is 11.1 Å². The molecule has 1 heteroatoms. The molecule has 0 N–H and O–H groups in total. The molecule has 0 aromatic heterocycles. The Morgan fingerprint density at radius 3 is 1.82 bits per heavy atom. The highest BCUT2D eigenvalue weighted by molar-refractivity contribution is 6.30. The van der Waals surface area contributed by atoms with Gasteiger partial charge in [-0.3, -0.25) is 0 Å². The van der Waals surface area contributed by atoms with Gasteiger partial charge in [-0.1, -0.05) is 67.9 Å². The third-order valence-electron chi connectivity index (χ3n) is 3.05. The lowest BCUT2D eigenvalue weighted by molar-refractivity contribution is 0.564. The highest BCUT2D eigenvalue weighted by Crippen LogP contribution is 2.32. The lowest BCUT2D eigenvalue weighted by Crippen LogP contribution is -2.08. The molecular formula is C16H17Cl. The van der Waals surface area contributed by atoms with Crippen LogP contribution in [0.1, 0.15) is 30.9 Å². The fraction of sp³-hybridized carbons (Fsp3) is 0.250. The number of rotatable bonds is 3. The Balaban J connectivity index is 2.39. The molecule has 88 valence electrons. The van der Waals surface area contributed by atoms with E-state index in [-0.39, 0.29) is 0 Å². The third-order valence-corrected chi connectivity index (χ3v) is 3.31. The van der Waals surface area contributed by atoms with Crippen molar-refractivity contribution in [2.75, 3.05) is 0 Å². The average Bonchev–Trinajstić information content (AvgIpc) is 2.33. The Hall–Kier alpha value is -1.27. The first-order valence-electron chi connectivity index (χ1n) is 5.99. The zero-order valence-corrected chi connectivity index (χ0v) is 11.0. The molecule has 2 rings (SSSR count). The summed E-state index contributed by atoms with van der Waals surface area (Å²) in [7, 11) is 0. The molecule has 0 saturated heterocycles. The molecule has 0 radical (unpaired) electrons. The molecule has 17 heavy (non-hydrogen) atoms. The summed E-state index contributed by atoms with van der Waals surface area (Å²) in [6.07, 6.45) is 0. The summed E-state index contributed by atoms with van der Waals surface area (Å²) in [5.41, 5.74) is 2.69. The van der Waals surface area contributed by atoms with Gasteiger partial charge in [0.1, 0.15) is 0 Å². The van der Waals surface area contributed by atoms with E-state index in [0.29, 0.717) is 11.8 Å². The number of benzene rings is 2. The highest BCUT2D eigenvalue weighted by atomic mass is 35.5. The minimum atomic E-state index is 0.438. The maximum atomic E-state index is 5.94. The van der Waals surface area contributed by atoms with Crippen molar-refractivity contribution in [2.45, 2.75) is 19.8 Å². The maximum Gasteiger partial charge on any atom is 0.0406 e. The molecule has 0 saturated carbocycles. The Morgan fingerprint density at radius 2 is 1.29 bits per heavy atom. The molecule has 0 aliphatic heterocycles. The molecule has 0 aliphatic rings. The molecule has 2 aromatic rings. The first kappa shape index (κ1) is 12.2. The van der Waals surface area contributed by atoms with Crippen molar-refractivity contribution >= 4 is 11.6 Å². The van der Waals surface area contributed by atoms with Crippen LogP contribution < -0.4 is 0 Å². The van der Waals surface area contributed by atoms with E-state index in [1.807, 2.05) is 12.1 Å². The predicted octanol–water partition coefficient (Wildman–Crippen LogP) is 5.13. The van der Waals surface area contributed by atoms with E-state index < -0.39 is 0 Å². The van der Waals surface area contributed by atoms with E-state index in [1.54, 1.807) is 0 Å². The van der Waals surface area contributed by atoms with Crippen LogP contribution in [-0.4, -0.2) is 0 Å². The standard InChI is InChI=1S/C16H17Cl/c1-12(2)16(13-6-4-3-5-7-13)14-8-10-15(17)11-9-14/h3-12,16H,1-2H3. The first-order chi connectivity index (χ1) is 8.18. The van der Waals surface area contributed by atoms with Gasteiger partial charge < -0.3 is 0 Å². The molecule has 0 spiro atoms. The summed E-state index contributed by atoms with van der Waals surface area (Å²) in [6, 6.07) is 18.8. The molecule has 2 aromatic carbocycles. The van der Waals surface area contributed by atoms with Crippen molar-refractivity contribution < 1.29 is 0 Å². The van der Waals surface area contributed by atoms with Crippen LogP contribution in [0.2, 0.25) is 5.02 Å². The van der Waals surface area contributed by atoms with Crippen LogP contribution in [0, 0.1) is 5.92 Å². The largest absolute Gasteiger partial charge is 0.0843 e. The Bertz CT molecular complexity index is 457. The minimum Gasteiger partial charge on any atom is -0.0843 e. The molecule has 0 heterocycles. The summed E-state index contributed by atoms with van der Waals surface area (Å²) < 4.78 is 0. The minimum absolute atomic E-state index is 0.438. The van der Waals surface area contributed by atoms with Gasteiger partial charge in [0.05, 0.1) is 0 Å².